The Morgan fingerprint density at radius 1 is 0.951 bits per heavy atom. The van der Waals surface area contributed by atoms with Crippen LogP contribution >= 0.6 is 0 Å². The number of hydrogen-bond donors (Lipinski definition) is 2. The van der Waals surface area contributed by atoms with Crippen molar-refractivity contribution in [1.82, 2.24) is 4.90 Å². The molecule has 1 fully saturated rings. The second kappa shape index (κ2) is 10.7. The molecule has 0 radical (unpaired) electrons. The van der Waals surface area contributed by atoms with Gasteiger partial charge in [-0.25, -0.2) is 8.42 Å². The van der Waals surface area contributed by atoms with Crippen LogP contribution in [0.5, 0.6) is 5.75 Å². The molecule has 0 aromatic heterocycles. The summed E-state index contributed by atoms with van der Waals surface area (Å²) in [6.45, 7) is 0.484. The van der Waals surface area contributed by atoms with Gasteiger partial charge >= 0.3 is 6.18 Å². The number of carbonyl (C=O) groups is 2. The fraction of sp³-hybridized carbons (Fsp3) is 0.310. The van der Waals surface area contributed by atoms with Crippen LogP contribution in [0.1, 0.15) is 39.1 Å². The summed E-state index contributed by atoms with van der Waals surface area (Å²) in [5, 5.41) is 10.0. The van der Waals surface area contributed by atoms with Gasteiger partial charge in [0.25, 0.3) is 11.8 Å². The molecule has 216 valence electrons. The van der Waals surface area contributed by atoms with Crippen LogP contribution in [0.2, 0.25) is 0 Å². The number of piperidine rings is 1. The highest BCUT2D eigenvalue weighted by Crippen LogP contribution is 2.35. The van der Waals surface area contributed by atoms with Crippen molar-refractivity contribution in [2.24, 2.45) is 5.92 Å². The molecule has 0 bridgehead atoms. The molecule has 2 N–H and O–H groups in total. The lowest BCUT2D eigenvalue weighted by atomic mass is 9.93. The molecule has 2 aliphatic heterocycles. The number of benzene rings is 3. The highest BCUT2D eigenvalue weighted by Gasteiger charge is 2.41. The van der Waals surface area contributed by atoms with Crippen LogP contribution < -0.4 is 9.62 Å². The first-order valence-electron chi connectivity index (χ1n) is 13.0. The molecule has 5 rings (SSSR count). The van der Waals surface area contributed by atoms with E-state index in [4.69, 9.17) is 0 Å². The zero-order valence-electron chi connectivity index (χ0n) is 22.1. The van der Waals surface area contributed by atoms with Crippen molar-refractivity contribution in [3.05, 3.63) is 77.4 Å². The molecule has 0 saturated carbocycles. The number of sulfonamides is 1. The van der Waals surface area contributed by atoms with Crippen molar-refractivity contribution in [3.63, 3.8) is 0 Å². The van der Waals surface area contributed by atoms with Gasteiger partial charge in [0.1, 0.15) is 5.75 Å². The summed E-state index contributed by atoms with van der Waals surface area (Å²) in [5.41, 5.74) is 3.83. The number of anilines is 2. The van der Waals surface area contributed by atoms with Crippen LogP contribution in [-0.4, -0.2) is 62.3 Å². The predicted molar refractivity (Wildman–Crippen MR) is 149 cm³/mol. The number of phenolic OH excluding ortho intramolecular Hbond substituents is 1. The molecule has 0 spiro atoms. The van der Waals surface area contributed by atoms with Gasteiger partial charge in [-0.15, -0.1) is 0 Å². The zero-order chi connectivity index (χ0) is 29.5. The van der Waals surface area contributed by atoms with Gasteiger partial charge in [-0.2, -0.15) is 13.2 Å². The van der Waals surface area contributed by atoms with E-state index in [1.807, 2.05) is 6.07 Å². The Kier molecular flexibility index (Phi) is 7.45. The van der Waals surface area contributed by atoms with E-state index in [0.717, 1.165) is 22.9 Å². The maximum absolute atomic E-state index is 13.3. The SMILES string of the molecule is CS(=O)(=O)Nc1cc(N2CCc3cc(-c4ccc(C(=O)N5CCC(C(F)(F)F)CC5)cc4)ccc3C2=O)ccc1O. The lowest BCUT2D eigenvalue weighted by molar-refractivity contribution is -0.183. The second-order valence-corrected chi connectivity index (χ2v) is 12.1. The lowest BCUT2D eigenvalue weighted by Gasteiger charge is -2.33. The molecule has 0 unspecified atom stereocenters. The summed E-state index contributed by atoms with van der Waals surface area (Å²) in [5.74, 6) is -2.18. The molecule has 0 atom stereocenters. The van der Waals surface area contributed by atoms with Crippen molar-refractivity contribution in [2.45, 2.75) is 25.4 Å². The van der Waals surface area contributed by atoms with Gasteiger partial charge in [0.2, 0.25) is 10.0 Å². The van der Waals surface area contributed by atoms with Crippen LogP contribution in [0.4, 0.5) is 24.5 Å². The zero-order valence-corrected chi connectivity index (χ0v) is 22.9. The fourth-order valence-corrected chi connectivity index (χ4v) is 5.85. The molecule has 0 aliphatic carbocycles. The first kappa shape index (κ1) is 28.5. The largest absolute Gasteiger partial charge is 0.506 e. The number of hydrogen-bond acceptors (Lipinski definition) is 5. The van der Waals surface area contributed by atoms with E-state index in [2.05, 4.69) is 4.72 Å². The minimum atomic E-state index is -4.23. The molecule has 3 aromatic rings. The van der Waals surface area contributed by atoms with Crippen LogP contribution in [0.15, 0.2) is 60.7 Å². The number of likely N-dealkylation sites (tertiary alicyclic amines) is 1. The molecule has 3 aromatic carbocycles. The monoisotopic (exact) mass is 587 g/mol. The summed E-state index contributed by atoms with van der Waals surface area (Å²) in [7, 11) is -3.63. The first-order chi connectivity index (χ1) is 19.3. The number of phenols is 1. The standard InChI is InChI=1S/C29H28F3N3O5S/c1-41(39,40)33-25-17-23(7-9-26(25)36)35-15-10-21-16-20(6-8-24(21)28(35)38)18-2-4-19(5-3-18)27(37)34-13-11-22(12-14-34)29(30,31)32/h2-9,16-17,22,33,36H,10-15H2,1H3. The molecule has 8 nitrogen and oxygen atoms in total. The van der Waals surface area contributed by atoms with Crippen LogP contribution in [-0.2, 0) is 16.4 Å². The Labute approximate surface area is 235 Å². The van der Waals surface area contributed by atoms with E-state index in [-0.39, 0.29) is 49.2 Å². The van der Waals surface area contributed by atoms with E-state index in [1.54, 1.807) is 42.5 Å². The maximum atomic E-state index is 13.3. The average molecular weight is 588 g/mol. The molecule has 2 amide bonds. The third-order valence-electron chi connectivity index (χ3n) is 7.48. The molecule has 2 aliphatic rings. The molecule has 1 saturated heterocycles. The quantitative estimate of drug-likeness (QED) is 0.407. The molecule has 2 heterocycles. The number of nitrogens with one attached hydrogen (secondary N) is 1. The topological polar surface area (TPSA) is 107 Å². The predicted octanol–water partition coefficient (Wildman–Crippen LogP) is 5.05. The molecule has 12 heteroatoms. The minimum Gasteiger partial charge on any atom is -0.506 e. The highest BCUT2D eigenvalue weighted by atomic mass is 32.2. The van der Waals surface area contributed by atoms with Gasteiger partial charge in [-0.1, -0.05) is 24.3 Å². The van der Waals surface area contributed by atoms with E-state index in [1.165, 1.54) is 21.9 Å². The van der Waals surface area contributed by atoms with E-state index in [9.17, 15) is 36.3 Å². The smallest absolute Gasteiger partial charge is 0.391 e. The van der Waals surface area contributed by atoms with Gasteiger partial charge in [-0.05, 0) is 72.4 Å². The van der Waals surface area contributed by atoms with Crippen LogP contribution in [0.3, 0.4) is 0 Å². The Hall–Kier alpha value is -4.06. The third kappa shape index (κ3) is 6.17. The number of nitrogens with zero attached hydrogens (tertiary/aromatic N) is 2. The van der Waals surface area contributed by atoms with Crippen molar-refractivity contribution >= 4 is 33.2 Å². The van der Waals surface area contributed by atoms with E-state index in [0.29, 0.717) is 29.8 Å². The van der Waals surface area contributed by atoms with Gasteiger partial charge in [0.05, 0.1) is 17.9 Å². The van der Waals surface area contributed by atoms with Crippen molar-refractivity contribution < 1.29 is 36.3 Å². The highest BCUT2D eigenvalue weighted by molar-refractivity contribution is 7.92. The van der Waals surface area contributed by atoms with Crippen molar-refractivity contribution in [3.8, 4) is 16.9 Å². The lowest BCUT2D eigenvalue weighted by Crippen LogP contribution is -2.42. The Morgan fingerprint density at radius 2 is 1.61 bits per heavy atom. The fourth-order valence-electron chi connectivity index (χ4n) is 5.29. The number of carbonyl (C=O) groups excluding carboxylic acids is 2. The number of aromatic hydroxyl groups is 1. The first-order valence-corrected chi connectivity index (χ1v) is 14.9. The van der Waals surface area contributed by atoms with E-state index < -0.39 is 22.1 Å². The van der Waals surface area contributed by atoms with Crippen molar-refractivity contribution in [2.75, 3.05) is 35.5 Å². The number of amides is 2. The number of alkyl halides is 3. The normalized spacial score (nSPS) is 16.4. The summed E-state index contributed by atoms with van der Waals surface area (Å²) in [4.78, 5) is 29.1. The Morgan fingerprint density at radius 3 is 2.24 bits per heavy atom. The summed E-state index contributed by atoms with van der Waals surface area (Å²) in [6, 6.07) is 16.6. The van der Waals surface area contributed by atoms with Crippen LogP contribution in [0.25, 0.3) is 11.1 Å². The van der Waals surface area contributed by atoms with Gasteiger partial charge in [0.15, 0.2) is 0 Å². The average Bonchev–Trinajstić information content (AvgIpc) is 2.93. The van der Waals surface area contributed by atoms with Crippen molar-refractivity contribution in [1.29, 1.82) is 0 Å². The Bertz CT molecular complexity index is 1600. The summed E-state index contributed by atoms with van der Waals surface area (Å²) >= 11 is 0. The molecule has 41 heavy (non-hydrogen) atoms. The van der Waals surface area contributed by atoms with Gasteiger partial charge < -0.3 is 14.9 Å². The summed E-state index contributed by atoms with van der Waals surface area (Å²) in [6.07, 6.45) is -2.92. The number of fused-ring (bicyclic) bond motifs is 1. The summed E-state index contributed by atoms with van der Waals surface area (Å²) < 4.78 is 64.3. The number of rotatable bonds is 5. The maximum Gasteiger partial charge on any atom is 0.391 e. The third-order valence-corrected chi connectivity index (χ3v) is 8.07. The van der Waals surface area contributed by atoms with Gasteiger partial charge in [-0.3, -0.25) is 14.3 Å². The van der Waals surface area contributed by atoms with E-state index >= 15 is 0 Å². The van der Waals surface area contributed by atoms with Crippen LogP contribution in [0, 0.1) is 5.92 Å². The van der Waals surface area contributed by atoms with Gasteiger partial charge in [0, 0.05) is 36.4 Å². The molecular formula is C29H28F3N3O5S. The number of halogens is 3. The molecular weight excluding hydrogens is 559 g/mol. The minimum absolute atomic E-state index is 0.0216. The Balaban J connectivity index is 1.29. The second-order valence-electron chi connectivity index (χ2n) is 10.3.